The maximum absolute atomic E-state index is 12.5. The van der Waals surface area contributed by atoms with Crippen molar-refractivity contribution in [3.8, 4) is 5.75 Å². The van der Waals surface area contributed by atoms with E-state index in [0.29, 0.717) is 25.2 Å². The van der Waals surface area contributed by atoms with Crippen LogP contribution in [0.5, 0.6) is 5.75 Å². The van der Waals surface area contributed by atoms with Crippen LogP contribution in [0, 0.1) is 13.8 Å². The number of benzene rings is 2. The predicted octanol–water partition coefficient (Wildman–Crippen LogP) is 5.85. The number of fused-ring (bicyclic) bond motifs is 1. The standard InChI is InChI=1S/C24H31NO4S/c1-5-24(6-2)21-16-19(10-12-22(21)25-23(26)29-24)28-13-7-8-14-30(27)20-11-9-17(3)18(4)15-20/h9-12,15-16H,5-8,13-14H2,1-4H3,(H,25,26). The van der Waals surface area contributed by atoms with Gasteiger partial charge in [0, 0.05) is 16.2 Å². The van der Waals surface area contributed by atoms with Gasteiger partial charge in [0.15, 0.2) is 0 Å². The third-order valence-electron chi connectivity index (χ3n) is 5.88. The van der Waals surface area contributed by atoms with E-state index in [1.807, 2.05) is 57.2 Å². The normalized spacial score (nSPS) is 15.7. The lowest BCUT2D eigenvalue weighted by atomic mass is 9.86. The van der Waals surface area contributed by atoms with Crippen LogP contribution in [0.25, 0.3) is 0 Å². The lowest BCUT2D eigenvalue weighted by molar-refractivity contribution is 0.00453. The van der Waals surface area contributed by atoms with Crippen molar-refractivity contribution < 1.29 is 18.5 Å². The van der Waals surface area contributed by atoms with Crippen molar-refractivity contribution >= 4 is 22.6 Å². The summed E-state index contributed by atoms with van der Waals surface area (Å²) in [5, 5.41) is 2.77. The van der Waals surface area contributed by atoms with Crippen molar-refractivity contribution in [3.05, 3.63) is 53.1 Å². The number of amides is 1. The number of ether oxygens (including phenoxy) is 2. The zero-order valence-corrected chi connectivity index (χ0v) is 19.1. The summed E-state index contributed by atoms with van der Waals surface area (Å²) >= 11 is 0. The lowest BCUT2D eigenvalue weighted by Gasteiger charge is -2.37. The first-order valence-electron chi connectivity index (χ1n) is 10.6. The number of hydrogen-bond donors (Lipinski definition) is 1. The van der Waals surface area contributed by atoms with Crippen LogP contribution >= 0.6 is 0 Å². The Balaban J connectivity index is 1.54. The molecule has 0 bridgehead atoms. The molecule has 2 aromatic rings. The van der Waals surface area contributed by atoms with E-state index in [1.54, 1.807) is 0 Å². The molecule has 0 saturated carbocycles. The van der Waals surface area contributed by atoms with Crippen molar-refractivity contribution in [1.82, 2.24) is 0 Å². The minimum atomic E-state index is -0.980. The molecule has 0 saturated heterocycles. The Bertz CT molecular complexity index is 937. The number of carbonyl (C=O) groups excluding carboxylic acids is 1. The highest BCUT2D eigenvalue weighted by Gasteiger charge is 2.39. The van der Waals surface area contributed by atoms with Crippen molar-refractivity contribution in [2.24, 2.45) is 0 Å². The number of unbranched alkanes of at least 4 members (excludes halogenated alkanes) is 1. The molecule has 30 heavy (non-hydrogen) atoms. The van der Waals surface area contributed by atoms with Gasteiger partial charge in [0.25, 0.3) is 0 Å². The highest BCUT2D eigenvalue weighted by molar-refractivity contribution is 7.85. The summed E-state index contributed by atoms with van der Waals surface area (Å²) in [5.74, 6) is 1.39. The van der Waals surface area contributed by atoms with E-state index in [0.717, 1.165) is 34.7 Å². The molecule has 6 heteroatoms. The summed E-state index contributed by atoms with van der Waals surface area (Å²) < 4.78 is 24.1. The minimum absolute atomic E-state index is 0.406. The van der Waals surface area contributed by atoms with Crippen LogP contribution in [0.2, 0.25) is 0 Å². The molecule has 1 N–H and O–H groups in total. The van der Waals surface area contributed by atoms with Crippen LogP contribution in [-0.2, 0) is 21.1 Å². The van der Waals surface area contributed by atoms with Gasteiger partial charge in [-0.1, -0.05) is 19.9 Å². The van der Waals surface area contributed by atoms with Crippen LogP contribution in [-0.4, -0.2) is 22.7 Å². The first-order chi connectivity index (χ1) is 14.4. The summed E-state index contributed by atoms with van der Waals surface area (Å²) in [6, 6.07) is 11.7. The maximum atomic E-state index is 12.5. The van der Waals surface area contributed by atoms with Crippen LogP contribution in [0.4, 0.5) is 10.5 Å². The monoisotopic (exact) mass is 429 g/mol. The van der Waals surface area contributed by atoms with Gasteiger partial charge in [0.1, 0.15) is 11.4 Å². The molecule has 0 aromatic heterocycles. The molecule has 0 aliphatic carbocycles. The van der Waals surface area contributed by atoms with Gasteiger partial charge in [-0.3, -0.25) is 9.53 Å². The summed E-state index contributed by atoms with van der Waals surface area (Å²) in [7, 11) is -0.980. The number of rotatable bonds is 9. The Labute approximate surface area is 181 Å². The fourth-order valence-electron chi connectivity index (χ4n) is 3.74. The van der Waals surface area contributed by atoms with Gasteiger partial charge in [0.2, 0.25) is 0 Å². The first-order valence-corrected chi connectivity index (χ1v) is 11.9. The fourth-order valence-corrected chi connectivity index (χ4v) is 4.97. The quantitative estimate of drug-likeness (QED) is 0.508. The van der Waals surface area contributed by atoms with Crippen LogP contribution in [0.3, 0.4) is 0 Å². The average Bonchev–Trinajstić information content (AvgIpc) is 2.74. The molecular formula is C24H31NO4S. The van der Waals surface area contributed by atoms with Gasteiger partial charge in [-0.15, -0.1) is 0 Å². The van der Waals surface area contributed by atoms with E-state index in [2.05, 4.69) is 12.2 Å². The second-order valence-electron chi connectivity index (χ2n) is 7.77. The molecule has 1 heterocycles. The number of cyclic esters (lactones) is 1. The smallest absolute Gasteiger partial charge is 0.412 e. The minimum Gasteiger partial charge on any atom is -0.494 e. The van der Waals surface area contributed by atoms with Crippen molar-refractivity contribution in [2.75, 3.05) is 17.7 Å². The van der Waals surface area contributed by atoms with Gasteiger partial charge in [-0.2, -0.15) is 0 Å². The average molecular weight is 430 g/mol. The topological polar surface area (TPSA) is 64.6 Å². The van der Waals surface area contributed by atoms with Gasteiger partial charge in [0.05, 0.1) is 23.1 Å². The number of anilines is 1. The molecule has 1 aliphatic heterocycles. The van der Waals surface area contributed by atoms with E-state index in [4.69, 9.17) is 9.47 Å². The van der Waals surface area contributed by atoms with Crippen LogP contribution < -0.4 is 10.1 Å². The molecule has 1 aliphatic rings. The van der Waals surface area contributed by atoms with Crippen molar-refractivity contribution in [1.29, 1.82) is 0 Å². The third-order valence-corrected chi connectivity index (χ3v) is 7.32. The number of nitrogens with one attached hydrogen (secondary N) is 1. The SMILES string of the molecule is CCC1(CC)OC(=O)Nc2ccc(OCCCCS(=O)c3ccc(C)c(C)c3)cc21. The molecular weight excluding hydrogens is 398 g/mol. The molecule has 0 fully saturated rings. The summed E-state index contributed by atoms with van der Waals surface area (Å²) in [4.78, 5) is 12.8. The zero-order valence-electron chi connectivity index (χ0n) is 18.2. The Morgan fingerprint density at radius 2 is 1.80 bits per heavy atom. The molecule has 0 radical (unpaired) electrons. The molecule has 3 rings (SSSR count). The van der Waals surface area contributed by atoms with E-state index >= 15 is 0 Å². The summed E-state index contributed by atoms with van der Waals surface area (Å²) in [6.45, 7) is 8.71. The highest BCUT2D eigenvalue weighted by atomic mass is 32.2. The summed E-state index contributed by atoms with van der Waals surface area (Å²) in [6.07, 6.45) is 2.66. The number of hydrogen-bond acceptors (Lipinski definition) is 4. The zero-order chi connectivity index (χ0) is 21.7. The highest BCUT2D eigenvalue weighted by Crippen LogP contribution is 2.42. The first kappa shape index (κ1) is 22.3. The number of carbonyl (C=O) groups is 1. The Morgan fingerprint density at radius 3 is 2.50 bits per heavy atom. The van der Waals surface area contributed by atoms with Crippen molar-refractivity contribution in [2.45, 2.75) is 63.9 Å². The van der Waals surface area contributed by atoms with E-state index in [-0.39, 0.29) is 0 Å². The van der Waals surface area contributed by atoms with E-state index in [1.165, 1.54) is 11.1 Å². The lowest BCUT2D eigenvalue weighted by Crippen LogP contribution is -2.38. The Hall–Kier alpha value is -2.34. The predicted molar refractivity (Wildman–Crippen MR) is 121 cm³/mol. The Morgan fingerprint density at radius 1 is 1.03 bits per heavy atom. The largest absolute Gasteiger partial charge is 0.494 e. The molecule has 0 spiro atoms. The van der Waals surface area contributed by atoms with E-state index in [9.17, 15) is 9.00 Å². The second kappa shape index (κ2) is 9.65. The second-order valence-corrected chi connectivity index (χ2v) is 9.35. The number of aryl methyl sites for hydroxylation is 2. The molecule has 1 amide bonds. The summed E-state index contributed by atoms with van der Waals surface area (Å²) in [5.41, 5.74) is 3.52. The Kier molecular flexibility index (Phi) is 7.19. The molecule has 162 valence electrons. The van der Waals surface area contributed by atoms with Gasteiger partial charge in [-0.05, 0) is 81.0 Å². The van der Waals surface area contributed by atoms with Crippen LogP contribution in [0.1, 0.15) is 56.2 Å². The molecule has 5 nitrogen and oxygen atoms in total. The van der Waals surface area contributed by atoms with Gasteiger partial charge in [-0.25, -0.2) is 4.79 Å². The van der Waals surface area contributed by atoms with Crippen LogP contribution in [0.15, 0.2) is 41.3 Å². The molecule has 2 aromatic carbocycles. The van der Waals surface area contributed by atoms with E-state index < -0.39 is 22.5 Å². The fraction of sp³-hybridized carbons (Fsp3) is 0.458. The van der Waals surface area contributed by atoms with Gasteiger partial charge < -0.3 is 9.47 Å². The van der Waals surface area contributed by atoms with Gasteiger partial charge >= 0.3 is 6.09 Å². The molecule has 1 atom stereocenters. The molecule has 1 unspecified atom stereocenters. The third kappa shape index (κ3) is 4.86. The van der Waals surface area contributed by atoms with Crippen molar-refractivity contribution in [3.63, 3.8) is 0 Å². The maximum Gasteiger partial charge on any atom is 0.412 e.